The van der Waals surface area contributed by atoms with Gasteiger partial charge in [-0.1, -0.05) is 23.8 Å². The number of anilines is 1. The van der Waals surface area contributed by atoms with Gasteiger partial charge in [0.05, 0.1) is 18.4 Å². The summed E-state index contributed by atoms with van der Waals surface area (Å²) in [5.74, 6) is -2.09. The fourth-order valence-corrected chi connectivity index (χ4v) is 2.61. The summed E-state index contributed by atoms with van der Waals surface area (Å²) in [6, 6.07) is 6.38. The van der Waals surface area contributed by atoms with E-state index in [0.717, 1.165) is 19.3 Å². The van der Waals surface area contributed by atoms with Crippen LogP contribution in [0.25, 0.3) is 0 Å². The van der Waals surface area contributed by atoms with Gasteiger partial charge in [0.1, 0.15) is 0 Å². The molecular weight excluding hydrogens is 308 g/mol. The van der Waals surface area contributed by atoms with E-state index in [1.54, 1.807) is 18.2 Å². The minimum Gasteiger partial charge on any atom is -0.465 e. The van der Waals surface area contributed by atoms with Crippen LogP contribution in [0, 0.1) is 0 Å². The Labute approximate surface area is 141 Å². The van der Waals surface area contributed by atoms with Crippen LogP contribution in [0.3, 0.4) is 0 Å². The van der Waals surface area contributed by atoms with Crippen molar-refractivity contribution in [2.45, 2.75) is 32.1 Å². The van der Waals surface area contributed by atoms with E-state index in [0.29, 0.717) is 6.54 Å². The molecule has 0 aliphatic heterocycles. The zero-order chi connectivity index (χ0) is 17.4. The maximum atomic E-state index is 12.0. The van der Waals surface area contributed by atoms with E-state index in [9.17, 15) is 14.4 Å². The molecule has 6 heteroatoms. The van der Waals surface area contributed by atoms with Crippen LogP contribution < -0.4 is 10.6 Å². The molecule has 0 atom stereocenters. The highest BCUT2D eigenvalue weighted by Gasteiger charge is 2.18. The second kappa shape index (κ2) is 8.86. The predicted octanol–water partition coefficient (Wildman–Crippen LogP) is 2.42. The number of esters is 1. The summed E-state index contributed by atoms with van der Waals surface area (Å²) in [5.41, 5.74) is 1.78. The third kappa shape index (κ3) is 4.94. The summed E-state index contributed by atoms with van der Waals surface area (Å²) >= 11 is 0. The third-order valence-electron chi connectivity index (χ3n) is 3.90. The number of amides is 2. The lowest BCUT2D eigenvalue weighted by molar-refractivity contribution is -0.136. The molecule has 0 saturated heterocycles. The molecule has 0 fully saturated rings. The van der Waals surface area contributed by atoms with Crippen molar-refractivity contribution in [3.63, 3.8) is 0 Å². The standard InChI is InChI=1S/C18H22N2O4/c1-24-18(23)14-9-5-6-10-15(14)20-17(22)16(21)19-12-11-13-7-3-2-4-8-13/h5-7,9-10H,2-4,8,11-12H2,1H3,(H,19,21)(H,20,22). The molecule has 0 heterocycles. The van der Waals surface area contributed by atoms with Crippen LogP contribution in [0.5, 0.6) is 0 Å². The Hall–Kier alpha value is -2.63. The number of para-hydroxylation sites is 1. The molecule has 2 N–H and O–H groups in total. The smallest absolute Gasteiger partial charge is 0.339 e. The second-order valence-electron chi connectivity index (χ2n) is 5.61. The molecule has 2 rings (SSSR count). The highest BCUT2D eigenvalue weighted by molar-refractivity contribution is 6.40. The summed E-state index contributed by atoms with van der Waals surface area (Å²) in [7, 11) is 1.26. The van der Waals surface area contributed by atoms with Gasteiger partial charge in [0.25, 0.3) is 0 Å². The quantitative estimate of drug-likeness (QED) is 0.493. The Kier molecular flexibility index (Phi) is 6.54. The van der Waals surface area contributed by atoms with Gasteiger partial charge in [-0.15, -0.1) is 0 Å². The van der Waals surface area contributed by atoms with Crippen molar-refractivity contribution in [1.29, 1.82) is 0 Å². The maximum absolute atomic E-state index is 12.0. The number of hydrogen-bond donors (Lipinski definition) is 2. The van der Waals surface area contributed by atoms with E-state index in [2.05, 4.69) is 21.4 Å². The van der Waals surface area contributed by atoms with Crippen molar-refractivity contribution in [1.82, 2.24) is 5.32 Å². The first-order valence-electron chi connectivity index (χ1n) is 8.06. The Morgan fingerprint density at radius 2 is 1.92 bits per heavy atom. The lowest BCUT2D eigenvalue weighted by Gasteiger charge is -2.13. The van der Waals surface area contributed by atoms with Gasteiger partial charge in [0.2, 0.25) is 0 Å². The largest absolute Gasteiger partial charge is 0.465 e. The van der Waals surface area contributed by atoms with Crippen molar-refractivity contribution in [3.05, 3.63) is 41.5 Å². The van der Waals surface area contributed by atoms with Gasteiger partial charge in [-0.3, -0.25) is 9.59 Å². The molecule has 0 radical (unpaired) electrons. The van der Waals surface area contributed by atoms with Crippen molar-refractivity contribution in [2.75, 3.05) is 19.0 Å². The maximum Gasteiger partial charge on any atom is 0.339 e. The van der Waals surface area contributed by atoms with Crippen molar-refractivity contribution in [2.24, 2.45) is 0 Å². The minimum absolute atomic E-state index is 0.202. The molecule has 1 aromatic carbocycles. The highest BCUT2D eigenvalue weighted by atomic mass is 16.5. The Balaban J connectivity index is 1.86. The molecule has 1 aliphatic carbocycles. The van der Waals surface area contributed by atoms with Gasteiger partial charge in [-0.25, -0.2) is 4.79 Å². The van der Waals surface area contributed by atoms with E-state index in [1.807, 2.05) is 0 Å². The molecule has 0 unspecified atom stereocenters. The van der Waals surface area contributed by atoms with Gasteiger partial charge >= 0.3 is 17.8 Å². The normalized spacial score (nSPS) is 13.6. The van der Waals surface area contributed by atoms with E-state index in [-0.39, 0.29) is 11.3 Å². The first-order chi connectivity index (χ1) is 11.6. The Bertz CT molecular complexity index is 652. The fraction of sp³-hybridized carbons (Fsp3) is 0.389. The van der Waals surface area contributed by atoms with E-state index in [4.69, 9.17) is 0 Å². The Morgan fingerprint density at radius 3 is 2.62 bits per heavy atom. The molecule has 1 aliphatic rings. The second-order valence-corrected chi connectivity index (χ2v) is 5.61. The number of allylic oxidation sites excluding steroid dienone is 1. The van der Waals surface area contributed by atoms with Crippen LogP contribution in [0.2, 0.25) is 0 Å². The first-order valence-corrected chi connectivity index (χ1v) is 8.06. The number of carbonyl (C=O) groups is 3. The molecule has 128 valence electrons. The zero-order valence-electron chi connectivity index (χ0n) is 13.8. The molecule has 0 aromatic heterocycles. The van der Waals surface area contributed by atoms with Crippen LogP contribution in [0.15, 0.2) is 35.9 Å². The van der Waals surface area contributed by atoms with Crippen molar-refractivity contribution in [3.8, 4) is 0 Å². The summed E-state index contributed by atoms with van der Waals surface area (Å²) in [6.45, 7) is 0.427. The molecule has 1 aromatic rings. The van der Waals surface area contributed by atoms with Gasteiger partial charge in [0.15, 0.2) is 0 Å². The molecule has 6 nitrogen and oxygen atoms in total. The monoisotopic (exact) mass is 330 g/mol. The van der Waals surface area contributed by atoms with Crippen LogP contribution in [0.1, 0.15) is 42.5 Å². The predicted molar refractivity (Wildman–Crippen MR) is 90.6 cm³/mol. The van der Waals surface area contributed by atoms with Crippen LogP contribution >= 0.6 is 0 Å². The van der Waals surface area contributed by atoms with Crippen LogP contribution in [0.4, 0.5) is 5.69 Å². The summed E-state index contributed by atoms with van der Waals surface area (Å²) in [4.78, 5) is 35.5. The van der Waals surface area contributed by atoms with Gasteiger partial charge in [0, 0.05) is 6.54 Å². The zero-order valence-corrected chi connectivity index (χ0v) is 13.8. The molecular formula is C18H22N2O4. The number of benzene rings is 1. The van der Waals surface area contributed by atoms with Gasteiger partial charge < -0.3 is 15.4 Å². The third-order valence-corrected chi connectivity index (χ3v) is 3.90. The van der Waals surface area contributed by atoms with E-state index < -0.39 is 17.8 Å². The Morgan fingerprint density at radius 1 is 1.12 bits per heavy atom. The number of carbonyl (C=O) groups excluding carboxylic acids is 3. The van der Waals surface area contributed by atoms with Crippen molar-refractivity contribution < 1.29 is 19.1 Å². The van der Waals surface area contributed by atoms with Gasteiger partial charge in [-0.05, 0) is 44.2 Å². The number of methoxy groups -OCH3 is 1. The lowest BCUT2D eigenvalue weighted by Crippen LogP contribution is -2.36. The highest BCUT2D eigenvalue weighted by Crippen LogP contribution is 2.19. The lowest BCUT2D eigenvalue weighted by atomic mass is 9.97. The number of ether oxygens (including phenoxy) is 1. The summed E-state index contributed by atoms with van der Waals surface area (Å²) in [6.07, 6.45) is 7.53. The SMILES string of the molecule is COC(=O)c1ccccc1NC(=O)C(=O)NCCC1=CCCCC1. The molecule has 0 spiro atoms. The topological polar surface area (TPSA) is 84.5 Å². The molecule has 24 heavy (non-hydrogen) atoms. The first kappa shape index (κ1) is 17.7. The van der Waals surface area contributed by atoms with Crippen molar-refractivity contribution >= 4 is 23.5 Å². The summed E-state index contributed by atoms with van der Waals surface area (Å²) < 4.78 is 4.65. The van der Waals surface area contributed by atoms with Crippen LogP contribution in [-0.2, 0) is 14.3 Å². The molecule has 2 amide bonds. The number of nitrogens with one attached hydrogen (secondary N) is 2. The molecule has 0 bridgehead atoms. The minimum atomic E-state index is -0.802. The molecule has 0 saturated carbocycles. The number of rotatable bonds is 5. The average Bonchev–Trinajstić information content (AvgIpc) is 2.62. The average molecular weight is 330 g/mol. The van der Waals surface area contributed by atoms with E-state index in [1.165, 1.54) is 31.6 Å². The van der Waals surface area contributed by atoms with Crippen LogP contribution in [-0.4, -0.2) is 31.4 Å². The summed E-state index contributed by atoms with van der Waals surface area (Å²) in [5, 5.41) is 5.05. The van der Waals surface area contributed by atoms with Gasteiger partial charge in [-0.2, -0.15) is 0 Å². The van der Waals surface area contributed by atoms with E-state index >= 15 is 0 Å². The number of hydrogen-bond acceptors (Lipinski definition) is 4. The fourth-order valence-electron chi connectivity index (χ4n) is 2.61.